The van der Waals surface area contributed by atoms with Crippen LogP contribution < -0.4 is 20.3 Å². The van der Waals surface area contributed by atoms with Crippen molar-refractivity contribution >= 4 is 11.8 Å². The van der Waals surface area contributed by atoms with Gasteiger partial charge in [-0.15, -0.1) is 0 Å². The molecule has 0 spiro atoms. The number of hydrogen-bond donors (Lipinski definition) is 2. The molecule has 2 rings (SSSR count). The van der Waals surface area contributed by atoms with E-state index in [4.69, 9.17) is 9.47 Å². The summed E-state index contributed by atoms with van der Waals surface area (Å²) in [6.45, 7) is 0. The second-order valence-corrected chi connectivity index (χ2v) is 4.48. The van der Waals surface area contributed by atoms with Gasteiger partial charge in [-0.25, -0.2) is 4.39 Å². The molecule has 0 radical (unpaired) electrons. The molecule has 0 saturated heterocycles. The first-order valence-corrected chi connectivity index (χ1v) is 6.63. The Morgan fingerprint density at radius 3 is 2.17 bits per heavy atom. The normalized spacial score (nSPS) is 9.87. The lowest BCUT2D eigenvalue weighted by molar-refractivity contribution is 0.0844. The molecule has 0 unspecified atom stereocenters. The minimum atomic E-state index is -0.573. The first-order valence-electron chi connectivity index (χ1n) is 6.63. The second kappa shape index (κ2) is 7.26. The molecule has 0 fully saturated rings. The summed E-state index contributed by atoms with van der Waals surface area (Å²) in [7, 11) is 2.90. The smallest absolute Gasteiger partial charge is 0.273 e. The van der Waals surface area contributed by atoms with Gasteiger partial charge in [0.25, 0.3) is 11.8 Å². The lowest BCUT2D eigenvalue weighted by Gasteiger charge is -2.11. The lowest BCUT2D eigenvalue weighted by Crippen LogP contribution is -2.41. The maximum Gasteiger partial charge on any atom is 0.273 e. The summed E-state index contributed by atoms with van der Waals surface area (Å²) >= 11 is 0. The summed E-state index contributed by atoms with van der Waals surface area (Å²) < 4.78 is 23.0. The van der Waals surface area contributed by atoms with Crippen molar-refractivity contribution in [1.82, 2.24) is 10.9 Å². The van der Waals surface area contributed by atoms with Gasteiger partial charge in [-0.05, 0) is 42.5 Å². The standard InChI is InChI=1S/C16H15FN2O4/c1-22-12-7-8-14(23-2)13(9-12)16(21)19-18-15(20)10-3-5-11(17)6-4-10/h3-9H,1-2H3,(H,18,20)(H,19,21). The predicted octanol–water partition coefficient (Wildman–Crippen LogP) is 1.92. The Labute approximate surface area is 132 Å². The molecule has 2 N–H and O–H groups in total. The first kappa shape index (κ1) is 16.3. The molecular formula is C16H15FN2O4. The Bertz CT molecular complexity index is 717. The number of amides is 2. The van der Waals surface area contributed by atoms with E-state index in [-0.39, 0.29) is 11.1 Å². The molecule has 0 saturated carbocycles. The zero-order chi connectivity index (χ0) is 16.8. The van der Waals surface area contributed by atoms with E-state index in [1.54, 1.807) is 12.1 Å². The van der Waals surface area contributed by atoms with Gasteiger partial charge in [0.2, 0.25) is 0 Å². The molecule has 0 atom stereocenters. The number of benzene rings is 2. The van der Waals surface area contributed by atoms with Crippen LogP contribution in [0.1, 0.15) is 20.7 Å². The van der Waals surface area contributed by atoms with Crippen molar-refractivity contribution in [3.05, 3.63) is 59.4 Å². The third-order valence-corrected chi connectivity index (χ3v) is 3.05. The number of nitrogens with one attached hydrogen (secondary N) is 2. The molecule has 0 aliphatic carbocycles. The number of hydrogen-bond acceptors (Lipinski definition) is 4. The monoisotopic (exact) mass is 318 g/mol. The highest BCUT2D eigenvalue weighted by Gasteiger charge is 2.15. The number of methoxy groups -OCH3 is 2. The molecule has 0 heterocycles. The average Bonchev–Trinajstić information content (AvgIpc) is 2.59. The molecule has 23 heavy (non-hydrogen) atoms. The molecule has 0 aliphatic rings. The van der Waals surface area contributed by atoms with Gasteiger partial charge in [0.15, 0.2) is 0 Å². The highest BCUT2D eigenvalue weighted by molar-refractivity contribution is 6.00. The van der Waals surface area contributed by atoms with Gasteiger partial charge in [0.1, 0.15) is 17.3 Å². The number of rotatable bonds is 4. The van der Waals surface area contributed by atoms with E-state index >= 15 is 0 Å². The first-order chi connectivity index (χ1) is 11.0. The summed E-state index contributed by atoms with van der Waals surface area (Å²) in [4.78, 5) is 24.0. The van der Waals surface area contributed by atoms with Crippen molar-refractivity contribution < 1.29 is 23.5 Å². The van der Waals surface area contributed by atoms with E-state index in [0.29, 0.717) is 11.5 Å². The quantitative estimate of drug-likeness (QED) is 0.845. The second-order valence-electron chi connectivity index (χ2n) is 4.48. The Hall–Kier alpha value is -3.09. The largest absolute Gasteiger partial charge is 0.497 e. The maximum absolute atomic E-state index is 12.8. The Balaban J connectivity index is 2.07. The lowest BCUT2D eigenvalue weighted by atomic mass is 10.2. The minimum Gasteiger partial charge on any atom is -0.497 e. The third kappa shape index (κ3) is 3.97. The number of ether oxygens (including phenoxy) is 2. The highest BCUT2D eigenvalue weighted by atomic mass is 19.1. The van der Waals surface area contributed by atoms with E-state index in [1.807, 2.05) is 0 Å². The summed E-state index contributed by atoms with van der Waals surface area (Å²) in [5.41, 5.74) is 4.93. The summed E-state index contributed by atoms with van der Waals surface area (Å²) in [6, 6.07) is 9.63. The van der Waals surface area contributed by atoms with E-state index in [1.165, 1.54) is 32.4 Å². The van der Waals surface area contributed by atoms with Crippen LogP contribution in [0.15, 0.2) is 42.5 Å². The molecule has 2 aromatic rings. The van der Waals surface area contributed by atoms with Crippen LogP contribution in [0.3, 0.4) is 0 Å². The number of carbonyl (C=O) groups is 2. The van der Waals surface area contributed by atoms with Crippen LogP contribution >= 0.6 is 0 Å². The van der Waals surface area contributed by atoms with Gasteiger partial charge in [-0.2, -0.15) is 0 Å². The van der Waals surface area contributed by atoms with E-state index in [0.717, 1.165) is 12.1 Å². The van der Waals surface area contributed by atoms with Gasteiger partial charge >= 0.3 is 0 Å². The Kier molecular flexibility index (Phi) is 5.14. The number of carbonyl (C=O) groups excluding carboxylic acids is 2. The van der Waals surface area contributed by atoms with Crippen molar-refractivity contribution in [2.24, 2.45) is 0 Å². The van der Waals surface area contributed by atoms with Crippen LogP contribution in [0.2, 0.25) is 0 Å². The molecule has 120 valence electrons. The summed E-state index contributed by atoms with van der Waals surface area (Å²) in [6.07, 6.45) is 0. The van der Waals surface area contributed by atoms with E-state index in [9.17, 15) is 14.0 Å². The molecule has 0 aromatic heterocycles. The molecule has 0 bridgehead atoms. The van der Waals surface area contributed by atoms with Crippen molar-refractivity contribution in [1.29, 1.82) is 0 Å². The summed E-state index contributed by atoms with van der Waals surface area (Å²) in [5, 5.41) is 0. The van der Waals surface area contributed by atoms with Crippen LogP contribution in [-0.2, 0) is 0 Å². The van der Waals surface area contributed by atoms with Crippen LogP contribution in [0, 0.1) is 5.82 Å². The maximum atomic E-state index is 12.8. The molecule has 2 aromatic carbocycles. The van der Waals surface area contributed by atoms with Crippen LogP contribution in [0.5, 0.6) is 11.5 Å². The van der Waals surface area contributed by atoms with Crippen molar-refractivity contribution in [3.63, 3.8) is 0 Å². The molecule has 7 heteroatoms. The van der Waals surface area contributed by atoms with Crippen molar-refractivity contribution in [2.75, 3.05) is 14.2 Å². The van der Waals surface area contributed by atoms with Crippen molar-refractivity contribution in [3.8, 4) is 11.5 Å². The van der Waals surface area contributed by atoms with Gasteiger partial charge < -0.3 is 9.47 Å². The average molecular weight is 318 g/mol. The van der Waals surface area contributed by atoms with Gasteiger partial charge in [-0.1, -0.05) is 0 Å². The summed E-state index contributed by atoms with van der Waals surface area (Å²) in [5.74, 6) is -0.789. The molecule has 6 nitrogen and oxygen atoms in total. The highest BCUT2D eigenvalue weighted by Crippen LogP contribution is 2.23. The van der Waals surface area contributed by atoms with Crippen LogP contribution in [0.4, 0.5) is 4.39 Å². The fourth-order valence-corrected chi connectivity index (χ4v) is 1.85. The van der Waals surface area contributed by atoms with Gasteiger partial charge in [-0.3, -0.25) is 20.4 Å². The van der Waals surface area contributed by atoms with Crippen LogP contribution in [-0.4, -0.2) is 26.0 Å². The number of halogens is 1. The molecular weight excluding hydrogens is 303 g/mol. The predicted molar refractivity (Wildman–Crippen MR) is 80.9 cm³/mol. The SMILES string of the molecule is COc1ccc(OC)c(C(=O)NNC(=O)c2ccc(F)cc2)c1. The van der Waals surface area contributed by atoms with Gasteiger partial charge in [0, 0.05) is 5.56 Å². The van der Waals surface area contributed by atoms with E-state index < -0.39 is 17.6 Å². The third-order valence-electron chi connectivity index (χ3n) is 3.05. The zero-order valence-corrected chi connectivity index (χ0v) is 12.6. The zero-order valence-electron chi connectivity index (χ0n) is 12.6. The number of hydrazine groups is 1. The van der Waals surface area contributed by atoms with Crippen molar-refractivity contribution in [2.45, 2.75) is 0 Å². The van der Waals surface area contributed by atoms with Crippen LogP contribution in [0.25, 0.3) is 0 Å². The Morgan fingerprint density at radius 1 is 0.913 bits per heavy atom. The molecule has 2 amide bonds. The minimum absolute atomic E-state index is 0.200. The molecule has 0 aliphatic heterocycles. The fourth-order valence-electron chi connectivity index (χ4n) is 1.85. The van der Waals surface area contributed by atoms with E-state index in [2.05, 4.69) is 10.9 Å². The van der Waals surface area contributed by atoms with Gasteiger partial charge in [0.05, 0.1) is 19.8 Å². The topological polar surface area (TPSA) is 76.7 Å². The Morgan fingerprint density at radius 2 is 1.57 bits per heavy atom. The fraction of sp³-hybridized carbons (Fsp3) is 0.125.